The third-order valence-corrected chi connectivity index (χ3v) is 4.26. The van der Waals surface area contributed by atoms with Crippen LogP contribution in [-0.4, -0.2) is 29.4 Å². The molecule has 1 fully saturated rings. The zero-order chi connectivity index (χ0) is 18.2. The second kappa shape index (κ2) is 8.96. The molecule has 1 aliphatic rings. The van der Waals surface area contributed by atoms with Crippen molar-refractivity contribution in [1.29, 1.82) is 0 Å². The lowest BCUT2D eigenvalue weighted by Gasteiger charge is -2.26. The summed E-state index contributed by atoms with van der Waals surface area (Å²) in [6, 6.07) is 6.20. The molecule has 0 bridgehead atoms. The Morgan fingerprint density at radius 1 is 1.28 bits per heavy atom. The molecule has 1 N–H and O–H groups in total. The van der Waals surface area contributed by atoms with Gasteiger partial charge >= 0.3 is 5.97 Å². The van der Waals surface area contributed by atoms with Gasteiger partial charge in [0.05, 0.1) is 10.5 Å². The van der Waals surface area contributed by atoms with Crippen LogP contribution < -0.4 is 5.32 Å². The van der Waals surface area contributed by atoms with Crippen molar-refractivity contribution >= 4 is 23.6 Å². The molecular formula is C18H22N2O5. The van der Waals surface area contributed by atoms with Gasteiger partial charge in [-0.25, -0.2) is 4.79 Å². The molecule has 1 amide bonds. The Hall–Kier alpha value is -2.70. The predicted octanol–water partition coefficient (Wildman–Crippen LogP) is 2.85. The molecule has 0 heterocycles. The van der Waals surface area contributed by atoms with Crippen LogP contribution in [0.15, 0.2) is 30.3 Å². The minimum atomic E-state index is -0.717. The number of carbonyl (C=O) groups excluding carboxylic acids is 2. The molecule has 25 heavy (non-hydrogen) atoms. The Kier molecular flexibility index (Phi) is 6.68. The number of esters is 1. The van der Waals surface area contributed by atoms with Crippen LogP contribution in [0.5, 0.6) is 0 Å². The van der Waals surface area contributed by atoms with E-state index < -0.39 is 10.9 Å². The molecule has 0 unspecified atom stereocenters. The van der Waals surface area contributed by atoms with Crippen LogP contribution in [0.4, 0.5) is 5.69 Å². The Balaban J connectivity index is 1.78. The highest BCUT2D eigenvalue weighted by atomic mass is 16.6. The molecule has 0 aromatic heterocycles. The van der Waals surface area contributed by atoms with Crippen molar-refractivity contribution in [2.75, 3.05) is 6.61 Å². The summed E-state index contributed by atoms with van der Waals surface area (Å²) in [5.74, 6) is -0.351. The number of nitrogens with one attached hydrogen (secondary N) is 1. The number of rotatable bonds is 6. The average Bonchev–Trinajstić information content (AvgIpc) is 2.60. The average molecular weight is 346 g/mol. The number of benzene rings is 1. The van der Waals surface area contributed by atoms with E-state index >= 15 is 0 Å². The first-order valence-corrected chi connectivity index (χ1v) is 8.33. The molecule has 0 aliphatic heterocycles. The largest absolute Gasteiger partial charge is 0.452 e. The van der Waals surface area contributed by atoms with Gasteiger partial charge in [-0.3, -0.25) is 14.9 Å². The summed E-state index contributed by atoms with van der Waals surface area (Å²) in [6.07, 6.45) is 6.45. The van der Waals surface area contributed by atoms with Crippen molar-refractivity contribution < 1.29 is 19.2 Å². The molecule has 1 aromatic rings. The number of nitro benzene ring substituents is 1. The monoisotopic (exact) mass is 346 g/mol. The molecule has 0 spiro atoms. The summed E-state index contributed by atoms with van der Waals surface area (Å²) in [4.78, 5) is 33.9. The number of carbonyl (C=O) groups is 2. The third kappa shape index (κ3) is 6.02. The lowest BCUT2D eigenvalue weighted by molar-refractivity contribution is -0.385. The van der Waals surface area contributed by atoms with Crippen LogP contribution >= 0.6 is 0 Å². The molecule has 0 saturated heterocycles. The summed E-state index contributed by atoms with van der Waals surface area (Å²) >= 11 is 0. The van der Waals surface area contributed by atoms with Gasteiger partial charge in [0.1, 0.15) is 0 Å². The van der Waals surface area contributed by atoms with E-state index in [1.807, 2.05) is 0 Å². The van der Waals surface area contributed by atoms with Gasteiger partial charge in [-0.15, -0.1) is 0 Å². The standard InChI is InChI=1S/C18H22N2O5/c1-13-6-9-15(10-7-13)19-17(21)12-25-18(22)11-8-14-4-2-3-5-16(14)20(23)24/h2-5,8,11,13,15H,6-7,9-10,12H2,1H3,(H,19,21)/b11-8+. The van der Waals surface area contributed by atoms with E-state index in [1.54, 1.807) is 12.1 Å². The van der Waals surface area contributed by atoms with Crippen LogP contribution in [-0.2, 0) is 14.3 Å². The number of ether oxygens (including phenoxy) is 1. The summed E-state index contributed by atoms with van der Waals surface area (Å²) in [5.41, 5.74) is 0.195. The highest BCUT2D eigenvalue weighted by Gasteiger charge is 2.20. The smallest absolute Gasteiger partial charge is 0.331 e. The SMILES string of the molecule is CC1CCC(NC(=O)COC(=O)/C=C/c2ccccc2[N+](=O)[O-])CC1. The fourth-order valence-electron chi connectivity index (χ4n) is 2.81. The van der Waals surface area contributed by atoms with Gasteiger partial charge in [-0.2, -0.15) is 0 Å². The van der Waals surface area contributed by atoms with Crippen molar-refractivity contribution in [1.82, 2.24) is 5.32 Å². The second-order valence-electron chi connectivity index (χ2n) is 6.28. The molecule has 1 aromatic carbocycles. The number of nitro groups is 1. The number of para-hydroxylation sites is 1. The van der Waals surface area contributed by atoms with E-state index in [0.29, 0.717) is 11.5 Å². The number of hydrogen-bond donors (Lipinski definition) is 1. The van der Waals surface area contributed by atoms with E-state index in [-0.39, 0.29) is 24.2 Å². The van der Waals surface area contributed by atoms with Crippen molar-refractivity contribution in [2.24, 2.45) is 5.92 Å². The Morgan fingerprint density at radius 2 is 1.96 bits per heavy atom. The molecule has 7 heteroatoms. The molecule has 1 saturated carbocycles. The fourth-order valence-corrected chi connectivity index (χ4v) is 2.81. The predicted molar refractivity (Wildman–Crippen MR) is 92.7 cm³/mol. The van der Waals surface area contributed by atoms with Crippen molar-refractivity contribution in [3.05, 3.63) is 46.0 Å². The third-order valence-electron chi connectivity index (χ3n) is 4.26. The molecule has 2 rings (SSSR count). The van der Waals surface area contributed by atoms with Crippen LogP contribution in [0.3, 0.4) is 0 Å². The minimum Gasteiger partial charge on any atom is -0.452 e. The normalized spacial score (nSPS) is 20.2. The molecule has 0 radical (unpaired) electrons. The fraction of sp³-hybridized carbons (Fsp3) is 0.444. The molecule has 134 valence electrons. The first-order chi connectivity index (χ1) is 12.0. The van der Waals surface area contributed by atoms with E-state index in [0.717, 1.165) is 31.8 Å². The van der Waals surface area contributed by atoms with Crippen molar-refractivity contribution in [3.8, 4) is 0 Å². The van der Waals surface area contributed by atoms with Crippen molar-refractivity contribution in [2.45, 2.75) is 38.6 Å². The Labute approximate surface area is 146 Å². The molecule has 0 atom stereocenters. The minimum absolute atomic E-state index is 0.101. The number of nitrogens with zero attached hydrogens (tertiary/aromatic N) is 1. The van der Waals surface area contributed by atoms with Gasteiger partial charge < -0.3 is 10.1 Å². The number of amides is 1. The van der Waals surface area contributed by atoms with Crippen molar-refractivity contribution in [3.63, 3.8) is 0 Å². The van der Waals surface area contributed by atoms with Gasteiger partial charge in [0, 0.05) is 18.2 Å². The van der Waals surface area contributed by atoms with Crippen LogP contribution in [0.2, 0.25) is 0 Å². The summed E-state index contributed by atoms with van der Waals surface area (Å²) in [7, 11) is 0. The van der Waals surface area contributed by atoms with Crippen LogP contribution in [0, 0.1) is 16.0 Å². The second-order valence-corrected chi connectivity index (χ2v) is 6.28. The van der Waals surface area contributed by atoms with Gasteiger partial charge in [-0.05, 0) is 43.7 Å². The molecule has 7 nitrogen and oxygen atoms in total. The Bertz CT molecular complexity index is 663. The number of hydrogen-bond acceptors (Lipinski definition) is 5. The first kappa shape index (κ1) is 18.6. The van der Waals surface area contributed by atoms with Gasteiger partial charge in [0.15, 0.2) is 6.61 Å². The highest BCUT2D eigenvalue weighted by Crippen LogP contribution is 2.23. The lowest BCUT2D eigenvalue weighted by Crippen LogP contribution is -2.39. The van der Waals surface area contributed by atoms with E-state index in [9.17, 15) is 19.7 Å². The van der Waals surface area contributed by atoms with Crippen LogP contribution in [0.25, 0.3) is 6.08 Å². The van der Waals surface area contributed by atoms with E-state index in [1.165, 1.54) is 18.2 Å². The Morgan fingerprint density at radius 3 is 2.64 bits per heavy atom. The summed E-state index contributed by atoms with van der Waals surface area (Å²) in [5, 5.41) is 13.8. The quantitative estimate of drug-likeness (QED) is 0.370. The van der Waals surface area contributed by atoms with Gasteiger partial charge in [0.2, 0.25) is 0 Å². The summed E-state index contributed by atoms with van der Waals surface area (Å²) < 4.78 is 4.88. The maximum atomic E-state index is 11.8. The maximum absolute atomic E-state index is 11.8. The molecular weight excluding hydrogens is 324 g/mol. The topological polar surface area (TPSA) is 98.5 Å². The summed E-state index contributed by atoms with van der Waals surface area (Å²) in [6.45, 7) is 1.84. The first-order valence-electron chi connectivity index (χ1n) is 8.33. The zero-order valence-electron chi connectivity index (χ0n) is 14.1. The highest BCUT2D eigenvalue weighted by molar-refractivity contribution is 5.89. The lowest BCUT2D eigenvalue weighted by atomic mass is 9.87. The van der Waals surface area contributed by atoms with E-state index in [2.05, 4.69) is 12.2 Å². The van der Waals surface area contributed by atoms with Crippen LogP contribution in [0.1, 0.15) is 38.2 Å². The molecule has 1 aliphatic carbocycles. The zero-order valence-corrected chi connectivity index (χ0v) is 14.1. The van der Waals surface area contributed by atoms with E-state index in [4.69, 9.17) is 4.74 Å². The van der Waals surface area contributed by atoms with Gasteiger partial charge in [-0.1, -0.05) is 19.1 Å². The maximum Gasteiger partial charge on any atom is 0.331 e. The van der Waals surface area contributed by atoms with Gasteiger partial charge in [0.25, 0.3) is 11.6 Å².